The number of ether oxygens (including phenoxy) is 1. The number of aliphatic hydroxyl groups excluding tert-OH is 1. The molecule has 1 atom stereocenters. The van der Waals surface area contributed by atoms with E-state index in [9.17, 15) is 19.8 Å². The number of benzene rings is 2. The molecule has 0 spiro atoms. The van der Waals surface area contributed by atoms with E-state index in [2.05, 4.69) is 25.2 Å². The quantitative estimate of drug-likeness (QED) is 0.246. The second-order valence-corrected chi connectivity index (χ2v) is 8.44. The van der Waals surface area contributed by atoms with E-state index < -0.39 is 17.4 Å². The van der Waals surface area contributed by atoms with Crippen LogP contribution in [-0.4, -0.2) is 47.0 Å². The first-order chi connectivity index (χ1) is 17.3. The minimum atomic E-state index is -1.08. The molecule has 184 valence electrons. The summed E-state index contributed by atoms with van der Waals surface area (Å²) in [6.45, 7) is -0.246. The summed E-state index contributed by atoms with van der Waals surface area (Å²) in [6.07, 6.45) is -1.08. The molecular weight excluding hydrogens is 490 g/mol. The van der Waals surface area contributed by atoms with Crippen LogP contribution in [0.1, 0.15) is 0 Å². The van der Waals surface area contributed by atoms with Gasteiger partial charge >= 0.3 is 5.69 Å². The molecule has 2 aromatic carbocycles. The lowest BCUT2D eigenvalue weighted by Crippen LogP contribution is -2.30. The third-order valence-electron chi connectivity index (χ3n) is 5.54. The predicted octanol–water partition coefficient (Wildman–Crippen LogP) is 3.12. The number of hydrogen-bond acceptors (Lipinski definition) is 8. The van der Waals surface area contributed by atoms with E-state index in [4.69, 9.17) is 16.3 Å². The third kappa shape index (κ3) is 4.34. The van der Waals surface area contributed by atoms with Crippen molar-refractivity contribution in [3.63, 3.8) is 0 Å². The molecule has 3 aromatic heterocycles. The molecule has 5 aromatic rings. The number of imidazole rings is 1. The van der Waals surface area contributed by atoms with Crippen molar-refractivity contribution in [1.82, 2.24) is 24.1 Å². The summed E-state index contributed by atoms with van der Waals surface area (Å²) in [5, 5.41) is 30.4. The van der Waals surface area contributed by atoms with Crippen LogP contribution in [0.2, 0.25) is 5.02 Å². The Morgan fingerprint density at radius 1 is 1.11 bits per heavy atom. The molecule has 4 N–H and O–H groups in total. The summed E-state index contributed by atoms with van der Waals surface area (Å²) in [6, 6.07) is 13.8. The van der Waals surface area contributed by atoms with E-state index >= 15 is 0 Å². The molecule has 0 amide bonds. The van der Waals surface area contributed by atoms with Crippen molar-refractivity contribution in [3.8, 4) is 11.6 Å². The number of aliphatic hydroxyl groups is 1. The fourth-order valence-electron chi connectivity index (χ4n) is 3.77. The summed E-state index contributed by atoms with van der Waals surface area (Å²) in [7, 11) is 1.45. The van der Waals surface area contributed by atoms with Crippen molar-refractivity contribution >= 4 is 45.3 Å². The Balaban J connectivity index is 1.52. The van der Waals surface area contributed by atoms with Gasteiger partial charge in [-0.3, -0.25) is 18.9 Å². The van der Waals surface area contributed by atoms with Crippen molar-refractivity contribution in [3.05, 3.63) is 74.4 Å². The Morgan fingerprint density at radius 3 is 2.64 bits per heavy atom. The summed E-state index contributed by atoms with van der Waals surface area (Å²) in [5.74, 6) is 0.264. The average Bonchev–Trinajstić information content (AvgIpc) is 3.38. The van der Waals surface area contributed by atoms with Crippen LogP contribution in [0.5, 0.6) is 11.6 Å². The number of halogens is 1. The lowest BCUT2D eigenvalue weighted by atomic mass is 10.2. The first-order valence-electron chi connectivity index (χ1n) is 10.8. The molecule has 36 heavy (non-hydrogen) atoms. The normalized spacial score (nSPS) is 12.6. The van der Waals surface area contributed by atoms with Gasteiger partial charge in [-0.15, -0.1) is 10.2 Å². The van der Waals surface area contributed by atoms with Gasteiger partial charge < -0.3 is 19.9 Å². The van der Waals surface area contributed by atoms with Crippen LogP contribution in [-0.2, 0) is 13.6 Å². The van der Waals surface area contributed by atoms with Crippen LogP contribution in [0.3, 0.4) is 0 Å². The van der Waals surface area contributed by atoms with Crippen molar-refractivity contribution in [1.29, 1.82) is 0 Å². The maximum Gasteiger partial charge on any atom is 0.329 e. The van der Waals surface area contributed by atoms with Crippen LogP contribution in [0.4, 0.5) is 11.6 Å². The van der Waals surface area contributed by atoms with Crippen molar-refractivity contribution in [2.75, 3.05) is 6.61 Å². The number of aryl methyl sites for hydroxylation is 1. The van der Waals surface area contributed by atoms with Gasteiger partial charge in [0.05, 0.1) is 12.1 Å². The number of hydrogen-bond donors (Lipinski definition) is 4. The number of aromatic nitrogens is 5. The van der Waals surface area contributed by atoms with Gasteiger partial charge in [0.2, 0.25) is 5.88 Å². The summed E-state index contributed by atoms with van der Waals surface area (Å²) in [4.78, 5) is 34.1. The number of nitrogens with one attached hydrogen (secondary N) is 2. The molecule has 0 radical (unpaired) electrons. The van der Waals surface area contributed by atoms with Gasteiger partial charge in [-0.2, -0.15) is 4.98 Å². The predicted molar refractivity (Wildman–Crippen MR) is 133 cm³/mol. The van der Waals surface area contributed by atoms with E-state index in [-0.39, 0.29) is 41.8 Å². The van der Waals surface area contributed by atoms with Gasteiger partial charge in [0.15, 0.2) is 16.9 Å². The zero-order valence-electron chi connectivity index (χ0n) is 18.8. The zero-order chi connectivity index (χ0) is 25.4. The molecule has 0 aliphatic heterocycles. The molecule has 0 saturated heterocycles. The van der Waals surface area contributed by atoms with Gasteiger partial charge in [0.25, 0.3) is 11.5 Å². The first-order valence-corrected chi connectivity index (χ1v) is 11.2. The van der Waals surface area contributed by atoms with Crippen LogP contribution in [0, 0.1) is 0 Å². The second-order valence-electron chi connectivity index (χ2n) is 8.00. The Bertz CT molecular complexity index is 1720. The largest absolute Gasteiger partial charge is 0.493 e. The van der Waals surface area contributed by atoms with Gasteiger partial charge in [0, 0.05) is 17.5 Å². The van der Waals surface area contributed by atoms with Gasteiger partial charge in [-0.1, -0.05) is 29.8 Å². The van der Waals surface area contributed by atoms with Gasteiger partial charge in [-0.05, 0) is 30.3 Å². The van der Waals surface area contributed by atoms with E-state index in [0.29, 0.717) is 21.7 Å². The number of rotatable bonds is 7. The molecule has 0 bridgehead atoms. The highest BCUT2D eigenvalue weighted by atomic mass is 35.5. The fraction of sp³-hybridized carbons (Fsp3) is 0.174. The third-order valence-corrected chi connectivity index (χ3v) is 5.79. The Labute approximate surface area is 207 Å². The molecule has 13 heteroatoms. The fourth-order valence-corrected chi connectivity index (χ4v) is 3.89. The molecule has 1 unspecified atom stereocenters. The molecule has 3 heterocycles. The van der Waals surface area contributed by atoms with Crippen molar-refractivity contribution < 1.29 is 14.9 Å². The van der Waals surface area contributed by atoms with Crippen molar-refractivity contribution in [2.24, 2.45) is 17.3 Å². The Hall–Kier alpha value is -4.42. The highest BCUT2D eigenvalue weighted by Crippen LogP contribution is 2.36. The van der Waals surface area contributed by atoms with E-state index in [1.165, 1.54) is 11.6 Å². The molecule has 5 rings (SSSR count). The number of aromatic hydroxyl groups is 1. The summed E-state index contributed by atoms with van der Waals surface area (Å²) in [5.41, 5.74) is -0.416. The number of nitrogens with zero attached hydrogens (tertiary/aromatic N) is 5. The molecular formula is C23H20ClN7O5. The minimum absolute atomic E-state index is 0.0275. The molecule has 0 aliphatic carbocycles. The van der Waals surface area contributed by atoms with E-state index in [0.717, 1.165) is 4.57 Å². The number of para-hydroxylation sites is 1. The van der Waals surface area contributed by atoms with Gasteiger partial charge in [-0.25, -0.2) is 4.79 Å². The Morgan fingerprint density at radius 2 is 1.86 bits per heavy atom. The first kappa shape index (κ1) is 23.3. The molecule has 0 fully saturated rings. The second kappa shape index (κ2) is 9.32. The number of azo groups is 1. The SMILES string of the molecule is Cn1c(=O)[nH]c(=O)c2c1nc(N=Nc1c(O)[nH]c3ccccc13)n2CC(O)COc1ccc(Cl)cc1. The maximum absolute atomic E-state index is 12.7. The van der Waals surface area contributed by atoms with Crippen LogP contribution in [0.25, 0.3) is 22.1 Å². The topological polar surface area (TPSA) is 163 Å². The lowest BCUT2D eigenvalue weighted by Gasteiger charge is -2.14. The molecule has 0 saturated carbocycles. The van der Waals surface area contributed by atoms with Crippen LogP contribution >= 0.6 is 11.6 Å². The summed E-state index contributed by atoms with van der Waals surface area (Å²) >= 11 is 5.88. The average molecular weight is 510 g/mol. The molecule has 0 aliphatic rings. The summed E-state index contributed by atoms with van der Waals surface area (Å²) < 4.78 is 8.11. The van der Waals surface area contributed by atoms with Crippen molar-refractivity contribution in [2.45, 2.75) is 12.6 Å². The maximum atomic E-state index is 12.7. The molecule has 12 nitrogen and oxygen atoms in total. The number of fused-ring (bicyclic) bond motifs is 2. The minimum Gasteiger partial charge on any atom is -0.493 e. The van der Waals surface area contributed by atoms with Crippen LogP contribution < -0.4 is 16.0 Å². The highest BCUT2D eigenvalue weighted by molar-refractivity contribution is 6.30. The smallest absolute Gasteiger partial charge is 0.329 e. The van der Waals surface area contributed by atoms with Gasteiger partial charge in [0.1, 0.15) is 18.5 Å². The number of aromatic amines is 2. The monoisotopic (exact) mass is 509 g/mol. The lowest BCUT2D eigenvalue weighted by molar-refractivity contribution is 0.0937. The van der Waals surface area contributed by atoms with Crippen LogP contribution in [0.15, 0.2) is 68.3 Å². The van der Waals surface area contributed by atoms with E-state index in [1.54, 1.807) is 48.5 Å². The Kier molecular flexibility index (Phi) is 6.04. The van der Waals surface area contributed by atoms with E-state index in [1.807, 2.05) is 0 Å². The zero-order valence-corrected chi connectivity index (χ0v) is 19.6. The highest BCUT2D eigenvalue weighted by Gasteiger charge is 2.20. The number of H-pyrrole nitrogens is 2. The standard InChI is InChI=1S/C23H20ClN7O5/c1-30-19-18(21(34)27-23(30)35)31(10-13(32)11-36-14-8-6-12(24)7-9-14)22(26-19)29-28-17-15-4-2-3-5-16(15)25-20(17)33/h2-9,13,25,32-33H,10-11H2,1H3,(H,27,34,35).